The number of nitrogens with zero attached hydrogens (tertiary/aromatic N) is 1. The van der Waals surface area contributed by atoms with E-state index in [2.05, 4.69) is 10.6 Å². The lowest BCUT2D eigenvalue weighted by atomic mass is 10.1. The van der Waals surface area contributed by atoms with Crippen molar-refractivity contribution < 1.29 is 14.3 Å². The number of halogens is 1. The van der Waals surface area contributed by atoms with E-state index < -0.39 is 6.10 Å². The Morgan fingerprint density at radius 3 is 2.67 bits per heavy atom. The fraction of sp³-hybridized carbons (Fsp3) is 0.300. The largest absolute Gasteiger partial charge is 0.477 e. The van der Waals surface area contributed by atoms with Crippen LogP contribution in [0.2, 0.25) is 5.02 Å². The van der Waals surface area contributed by atoms with Crippen molar-refractivity contribution in [3.63, 3.8) is 0 Å². The summed E-state index contributed by atoms with van der Waals surface area (Å²) in [5.41, 5.74) is 1.92. The van der Waals surface area contributed by atoms with E-state index >= 15 is 0 Å². The number of carbonyl (C=O) groups excluding carboxylic acids is 2. The number of hydrogen-bond donors (Lipinski definition) is 2. The van der Waals surface area contributed by atoms with Crippen LogP contribution in [0.3, 0.4) is 0 Å². The highest BCUT2D eigenvalue weighted by molar-refractivity contribution is 6.30. The minimum absolute atomic E-state index is 0.101. The number of likely N-dealkylation sites (N-methyl/N-ethyl adjacent to an activating group) is 1. The van der Waals surface area contributed by atoms with E-state index in [1.807, 2.05) is 47.4 Å². The van der Waals surface area contributed by atoms with E-state index in [0.29, 0.717) is 23.9 Å². The molecule has 1 atom stereocenters. The van der Waals surface area contributed by atoms with Crippen LogP contribution < -0.4 is 20.3 Å². The first-order valence-corrected chi connectivity index (χ1v) is 9.18. The van der Waals surface area contributed by atoms with Gasteiger partial charge in [-0.25, -0.2) is 0 Å². The molecule has 7 heteroatoms. The van der Waals surface area contributed by atoms with Crippen LogP contribution in [-0.4, -0.2) is 44.6 Å². The van der Waals surface area contributed by atoms with Crippen LogP contribution in [0.15, 0.2) is 48.5 Å². The molecule has 142 valence electrons. The number of ether oxygens (including phenoxy) is 1. The maximum atomic E-state index is 12.4. The number of anilines is 1. The topological polar surface area (TPSA) is 70.7 Å². The molecular formula is C20H22ClN3O3. The predicted octanol–water partition coefficient (Wildman–Crippen LogP) is 2.01. The number of fused-ring (bicyclic) bond motifs is 1. The molecule has 1 aliphatic rings. The summed E-state index contributed by atoms with van der Waals surface area (Å²) >= 11 is 5.88. The van der Waals surface area contributed by atoms with E-state index in [4.69, 9.17) is 16.3 Å². The zero-order valence-corrected chi connectivity index (χ0v) is 15.8. The third-order valence-corrected chi connectivity index (χ3v) is 4.64. The van der Waals surface area contributed by atoms with Crippen LogP contribution in [-0.2, 0) is 16.0 Å². The van der Waals surface area contributed by atoms with Crippen LogP contribution in [0.25, 0.3) is 0 Å². The van der Waals surface area contributed by atoms with Gasteiger partial charge in [0.1, 0.15) is 5.75 Å². The van der Waals surface area contributed by atoms with E-state index in [1.54, 1.807) is 13.1 Å². The Balaban J connectivity index is 1.58. The molecule has 1 aliphatic heterocycles. The number of carbonyl (C=O) groups is 2. The van der Waals surface area contributed by atoms with Gasteiger partial charge < -0.3 is 20.3 Å². The average molecular weight is 388 g/mol. The van der Waals surface area contributed by atoms with Crippen molar-refractivity contribution in [2.75, 3.05) is 31.6 Å². The maximum absolute atomic E-state index is 12.4. The molecule has 0 saturated heterocycles. The highest BCUT2D eigenvalue weighted by Gasteiger charge is 2.30. The van der Waals surface area contributed by atoms with Gasteiger partial charge in [0, 0.05) is 18.6 Å². The standard InChI is InChI=1S/C20H22ClN3O3/c1-22-20(26)18-12-24(16-4-2-3-5-17(16)27-18)13-19(25)23-11-10-14-6-8-15(21)9-7-14/h2-9,18H,10-13H2,1H3,(H,22,26)(H,23,25)/t18-/m1/s1. The Morgan fingerprint density at radius 1 is 1.19 bits per heavy atom. The fourth-order valence-corrected chi connectivity index (χ4v) is 3.11. The molecule has 0 aliphatic carbocycles. The van der Waals surface area contributed by atoms with Crippen molar-refractivity contribution in [1.29, 1.82) is 0 Å². The third kappa shape index (κ3) is 4.92. The zero-order valence-electron chi connectivity index (χ0n) is 15.1. The van der Waals surface area contributed by atoms with E-state index in [1.165, 1.54) is 0 Å². The van der Waals surface area contributed by atoms with Gasteiger partial charge in [-0.05, 0) is 36.2 Å². The lowest BCUT2D eigenvalue weighted by molar-refractivity contribution is -0.127. The molecule has 0 unspecified atom stereocenters. The zero-order chi connectivity index (χ0) is 19.2. The number of nitrogens with one attached hydrogen (secondary N) is 2. The second-order valence-corrected chi connectivity index (χ2v) is 6.73. The van der Waals surface area contributed by atoms with Gasteiger partial charge in [0.05, 0.1) is 18.8 Å². The minimum atomic E-state index is -0.647. The van der Waals surface area contributed by atoms with Crippen molar-refractivity contribution in [2.45, 2.75) is 12.5 Å². The highest BCUT2D eigenvalue weighted by atomic mass is 35.5. The lowest BCUT2D eigenvalue weighted by Crippen LogP contribution is -2.50. The summed E-state index contributed by atoms with van der Waals surface area (Å²) in [5, 5.41) is 6.22. The Kier molecular flexibility index (Phi) is 6.19. The molecule has 0 spiro atoms. The molecule has 0 saturated carbocycles. The number of hydrogen-bond acceptors (Lipinski definition) is 4. The number of amides is 2. The Morgan fingerprint density at radius 2 is 1.93 bits per heavy atom. The Labute approximate surface area is 163 Å². The normalized spacial score (nSPS) is 15.5. The monoisotopic (exact) mass is 387 g/mol. The molecule has 6 nitrogen and oxygen atoms in total. The molecule has 0 aromatic heterocycles. The summed E-state index contributed by atoms with van der Waals surface area (Å²) in [6.07, 6.45) is 0.0792. The molecule has 27 heavy (non-hydrogen) atoms. The first-order chi connectivity index (χ1) is 13.1. The summed E-state index contributed by atoms with van der Waals surface area (Å²) in [7, 11) is 1.57. The molecule has 0 fully saturated rings. The average Bonchev–Trinajstić information content (AvgIpc) is 2.68. The maximum Gasteiger partial charge on any atom is 0.262 e. The van der Waals surface area contributed by atoms with Crippen molar-refractivity contribution in [3.05, 3.63) is 59.1 Å². The Hall–Kier alpha value is -2.73. The smallest absolute Gasteiger partial charge is 0.262 e. The quantitative estimate of drug-likeness (QED) is 0.795. The number of rotatable bonds is 6. The first kappa shape index (κ1) is 19.0. The van der Waals surface area contributed by atoms with Gasteiger partial charge in [-0.1, -0.05) is 35.9 Å². The summed E-state index contributed by atoms with van der Waals surface area (Å²) < 4.78 is 5.75. The van der Waals surface area contributed by atoms with Crippen LogP contribution >= 0.6 is 11.6 Å². The Bertz CT molecular complexity index is 810. The number of para-hydroxylation sites is 2. The van der Waals surface area contributed by atoms with Crippen LogP contribution in [0, 0.1) is 0 Å². The van der Waals surface area contributed by atoms with Crippen molar-refractivity contribution in [1.82, 2.24) is 10.6 Å². The summed E-state index contributed by atoms with van der Waals surface area (Å²) in [4.78, 5) is 26.3. The van der Waals surface area contributed by atoms with Gasteiger partial charge in [0.25, 0.3) is 5.91 Å². The minimum Gasteiger partial charge on any atom is -0.477 e. The molecule has 2 amide bonds. The summed E-state index contributed by atoms with van der Waals surface area (Å²) in [6.45, 7) is 1.01. The molecule has 1 heterocycles. The summed E-state index contributed by atoms with van der Waals surface area (Å²) in [5.74, 6) is 0.292. The molecule has 0 radical (unpaired) electrons. The lowest BCUT2D eigenvalue weighted by Gasteiger charge is -2.35. The molecule has 2 N–H and O–H groups in total. The van der Waals surface area contributed by atoms with Gasteiger partial charge in [-0.15, -0.1) is 0 Å². The van der Waals surface area contributed by atoms with Gasteiger partial charge in [0.2, 0.25) is 5.91 Å². The second-order valence-electron chi connectivity index (χ2n) is 6.30. The van der Waals surface area contributed by atoms with Crippen molar-refractivity contribution in [3.8, 4) is 5.75 Å². The van der Waals surface area contributed by atoms with E-state index in [9.17, 15) is 9.59 Å². The molecule has 2 aromatic rings. The summed E-state index contributed by atoms with van der Waals surface area (Å²) in [6, 6.07) is 15.0. The van der Waals surface area contributed by atoms with Crippen molar-refractivity contribution >= 4 is 29.1 Å². The van der Waals surface area contributed by atoms with Crippen LogP contribution in [0.5, 0.6) is 5.75 Å². The van der Waals surface area contributed by atoms with Crippen molar-refractivity contribution in [2.24, 2.45) is 0 Å². The highest BCUT2D eigenvalue weighted by Crippen LogP contribution is 2.32. The van der Waals surface area contributed by atoms with Gasteiger partial charge in [0.15, 0.2) is 6.10 Å². The van der Waals surface area contributed by atoms with E-state index in [0.717, 1.165) is 17.7 Å². The van der Waals surface area contributed by atoms with Crippen LogP contribution in [0.1, 0.15) is 5.56 Å². The molecule has 2 aromatic carbocycles. The van der Waals surface area contributed by atoms with Gasteiger partial charge in [-0.3, -0.25) is 9.59 Å². The predicted molar refractivity (Wildman–Crippen MR) is 105 cm³/mol. The van der Waals surface area contributed by atoms with Gasteiger partial charge in [-0.2, -0.15) is 0 Å². The molecular weight excluding hydrogens is 366 g/mol. The number of benzene rings is 2. The van der Waals surface area contributed by atoms with E-state index in [-0.39, 0.29) is 18.4 Å². The van der Waals surface area contributed by atoms with Gasteiger partial charge >= 0.3 is 0 Å². The second kappa shape index (κ2) is 8.77. The van der Waals surface area contributed by atoms with Crippen LogP contribution in [0.4, 0.5) is 5.69 Å². The first-order valence-electron chi connectivity index (χ1n) is 8.80. The molecule has 0 bridgehead atoms. The SMILES string of the molecule is CNC(=O)[C@H]1CN(CC(=O)NCCc2ccc(Cl)cc2)c2ccccc2O1. The third-order valence-electron chi connectivity index (χ3n) is 4.38. The molecule has 3 rings (SSSR count). The fourth-order valence-electron chi connectivity index (χ4n) is 2.98.